The van der Waals surface area contributed by atoms with E-state index in [0.717, 1.165) is 11.1 Å². The highest BCUT2D eigenvalue weighted by molar-refractivity contribution is 5.85. The number of ketones is 2. The van der Waals surface area contributed by atoms with Crippen molar-refractivity contribution in [1.82, 2.24) is 0 Å². The van der Waals surface area contributed by atoms with E-state index in [1.807, 2.05) is 0 Å². The Morgan fingerprint density at radius 3 is 1.71 bits per heavy atom. The molecule has 1 rings (SSSR count). The van der Waals surface area contributed by atoms with Crippen LogP contribution in [0.5, 0.6) is 0 Å². The van der Waals surface area contributed by atoms with Crippen LogP contribution in [0.1, 0.15) is 19.3 Å². The molecular formula is C11H14O3. The Labute approximate surface area is 83.4 Å². The summed E-state index contributed by atoms with van der Waals surface area (Å²) in [4.78, 5) is 22.4. The van der Waals surface area contributed by atoms with E-state index in [1.54, 1.807) is 0 Å². The maximum atomic E-state index is 11.2. The standard InChI is InChI=1S/C11H14O3/c1-8-3-9(2)5-11(13)7-14-6-10(12)4-8/h1-7H2. The van der Waals surface area contributed by atoms with Crippen LogP contribution in [0, 0.1) is 0 Å². The first-order valence-electron chi connectivity index (χ1n) is 4.52. The molecule has 0 spiro atoms. The van der Waals surface area contributed by atoms with Gasteiger partial charge in [0.25, 0.3) is 0 Å². The summed E-state index contributed by atoms with van der Waals surface area (Å²) in [6, 6.07) is 0. The molecule has 0 atom stereocenters. The number of rotatable bonds is 0. The number of ether oxygens (including phenoxy) is 1. The molecule has 1 fully saturated rings. The van der Waals surface area contributed by atoms with E-state index < -0.39 is 0 Å². The van der Waals surface area contributed by atoms with E-state index >= 15 is 0 Å². The lowest BCUT2D eigenvalue weighted by molar-refractivity contribution is -0.128. The highest BCUT2D eigenvalue weighted by atomic mass is 16.5. The zero-order valence-electron chi connectivity index (χ0n) is 8.17. The maximum Gasteiger partial charge on any atom is 0.162 e. The molecule has 0 aromatic rings. The minimum Gasteiger partial charge on any atom is -0.366 e. The number of allylic oxidation sites excluding steroid dienone is 2. The van der Waals surface area contributed by atoms with E-state index in [2.05, 4.69) is 13.2 Å². The summed E-state index contributed by atoms with van der Waals surface area (Å²) >= 11 is 0. The highest BCUT2D eigenvalue weighted by Crippen LogP contribution is 2.16. The SMILES string of the molecule is C=C1CC(=C)CC(=O)COCC(=O)C1. The van der Waals surface area contributed by atoms with Crippen molar-refractivity contribution in [3.05, 3.63) is 24.3 Å². The van der Waals surface area contributed by atoms with Crippen LogP contribution < -0.4 is 0 Å². The lowest BCUT2D eigenvalue weighted by Crippen LogP contribution is -2.17. The molecule has 0 bridgehead atoms. The van der Waals surface area contributed by atoms with E-state index in [1.165, 1.54) is 0 Å². The molecule has 0 aromatic carbocycles. The molecule has 0 saturated carbocycles. The molecular weight excluding hydrogens is 180 g/mol. The number of hydrogen-bond acceptors (Lipinski definition) is 3. The normalized spacial score (nSPS) is 21.1. The van der Waals surface area contributed by atoms with Crippen LogP contribution >= 0.6 is 0 Å². The van der Waals surface area contributed by atoms with Gasteiger partial charge >= 0.3 is 0 Å². The van der Waals surface area contributed by atoms with Crippen molar-refractivity contribution in [2.45, 2.75) is 19.3 Å². The van der Waals surface area contributed by atoms with Crippen molar-refractivity contribution in [3.8, 4) is 0 Å². The summed E-state index contributed by atoms with van der Waals surface area (Å²) in [5, 5.41) is 0. The van der Waals surface area contributed by atoms with Gasteiger partial charge in [-0.3, -0.25) is 9.59 Å². The average Bonchev–Trinajstić information content (AvgIpc) is 2.01. The average molecular weight is 194 g/mol. The van der Waals surface area contributed by atoms with Crippen LogP contribution in [-0.4, -0.2) is 24.8 Å². The summed E-state index contributed by atoms with van der Waals surface area (Å²) in [5.74, 6) is -0.0602. The molecule has 14 heavy (non-hydrogen) atoms. The molecule has 0 aliphatic carbocycles. The Morgan fingerprint density at radius 1 is 0.857 bits per heavy atom. The van der Waals surface area contributed by atoms with Gasteiger partial charge in [-0.15, -0.1) is 0 Å². The molecule has 1 heterocycles. The van der Waals surface area contributed by atoms with Crippen LogP contribution in [0.3, 0.4) is 0 Å². The third-order valence-electron chi connectivity index (χ3n) is 1.92. The molecule has 0 radical (unpaired) electrons. The second-order valence-corrected chi connectivity index (χ2v) is 3.60. The second kappa shape index (κ2) is 4.86. The van der Waals surface area contributed by atoms with Gasteiger partial charge in [0.2, 0.25) is 0 Å². The van der Waals surface area contributed by atoms with E-state index in [-0.39, 0.29) is 24.8 Å². The second-order valence-electron chi connectivity index (χ2n) is 3.60. The minimum absolute atomic E-state index is 0.0111. The fourth-order valence-corrected chi connectivity index (χ4v) is 1.42. The summed E-state index contributed by atoms with van der Waals surface area (Å²) in [6.07, 6.45) is 1.22. The number of carbonyl (C=O) groups excluding carboxylic acids is 2. The number of hydrogen-bond donors (Lipinski definition) is 0. The lowest BCUT2D eigenvalue weighted by Gasteiger charge is -2.11. The minimum atomic E-state index is -0.0301. The van der Waals surface area contributed by atoms with Crippen LogP contribution in [0.25, 0.3) is 0 Å². The fraction of sp³-hybridized carbons (Fsp3) is 0.455. The Balaban J connectivity index is 2.62. The van der Waals surface area contributed by atoms with Gasteiger partial charge in [0.1, 0.15) is 13.2 Å². The predicted octanol–water partition coefficient (Wildman–Crippen LogP) is 1.44. The van der Waals surface area contributed by atoms with E-state index in [9.17, 15) is 9.59 Å². The molecule has 1 aliphatic heterocycles. The zero-order valence-corrected chi connectivity index (χ0v) is 8.17. The molecule has 3 heteroatoms. The Hall–Kier alpha value is -1.22. The van der Waals surface area contributed by atoms with Gasteiger partial charge in [0.05, 0.1) is 0 Å². The largest absolute Gasteiger partial charge is 0.366 e. The van der Waals surface area contributed by atoms with Crippen LogP contribution in [0.4, 0.5) is 0 Å². The first kappa shape index (κ1) is 10.9. The van der Waals surface area contributed by atoms with Gasteiger partial charge in [0, 0.05) is 12.8 Å². The van der Waals surface area contributed by atoms with E-state index in [0.29, 0.717) is 19.3 Å². The van der Waals surface area contributed by atoms with Crippen molar-refractivity contribution in [3.63, 3.8) is 0 Å². The van der Waals surface area contributed by atoms with Crippen molar-refractivity contribution in [1.29, 1.82) is 0 Å². The third-order valence-corrected chi connectivity index (χ3v) is 1.92. The highest BCUT2D eigenvalue weighted by Gasteiger charge is 2.12. The van der Waals surface area contributed by atoms with Gasteiger partial charge in [-0.2, -0.15) is 0 Å². The molecule has 3 nitrogen and oxygen atoms in total. The molecule has 76 valence electrons. The van der Waals surface area contributed by atoms with Crippen LogP contribution in [-0.2, 0) is 14.3 Å². The molecule has 0 amide bonds. The Bertz CT molecular complexity index is 261. The van der Waals surface area contributed by atoms with Crippen molar-refractivity contribution in [2.75, 3.05) is 13.2 Å². The molecule has 1 aliphatic rings. The maximum absolute atomic E-state index is 11.2. The number of carbonyl (C=O) groups is 2. The van der Waals surface area contributed by atoms with Gasteiger partial charge in [0.15, 0.2) is 11.6 Å². The van der Waals surface area contributed by atoms with Crippen LogP contribution in [0.15, 0.2) is 24.3 Å². The zero-order chi connectivity index (χ0) is 10.6. The summed E-state index contributed by atoms with van der Waals surface area (Å²) in [7, 11) is 0. The van der Waals surface area contributed by atoms with Crippen molar-refractivity contribution < 1.29 is 14.3 Å². The van der Waals surface area contributed by atoms with Crippen LogP contribution in [0.2, 0.25) is 0 Å². The van der Waals surface area contributed by atoms with Gasteiger partial charge in [-0.05, 0) is 6.42 Å². The summed E-state index contributed by atoms with van der Waals surface area (Å²) in [6.45, 7) is 7.55. The summed E-state index contributed by atoms with van der Waals surface area (Å²) < 4.78 is 4.95. The topological polar surface area (TPSA) is 43.4 Å². The predicted molar refractivity (Wildman–Crippen MR) is 53.0 cm³/mol. The first-order valence-corrected chi connectivity index (χ1v) is 4.52. The smallest absolute Gasteiger partial charge is 0.162 e. The Kier molecular flexibility index (Phi) is 3.77. The molecule has 0 N–H and O–H groups in total. The van der Waals surface area contributed by atoms with Gasteiger partial charge in [-0.1, -0.05) is 24.3 Å². The lowest BCUT2D eigenvalue weighted by atomic mass is 9.99. The summed E-state index contributed by atoms with van der Waals surface area (Å²) in [5.41, 5.74) is 1.61. The first-order chi connectivity index (χ1) is 6.58. The quantitative estimate of drug-likeness (QED) is 0.548. The molecule has 1 saturated heterocycles. The monoisotopic (exact) mass is 194 g/mol. The van der Waals surface area contributed by atoms with Crippen molar-refractivity contribution in [2.24, 2.45) is 0 Å². The molecule has 0 unspecified atom stereocenters. The molecule has 0 aromatic heterocycles. The van der Waals surface area contributed by atoms with Crippen molar-refractivity contribution >= 4 is 11.6 Å². The third kappa shape index (κ3) is 3.66. The fourth-order valence-electron chi connectivity index (χ4n) is 1.42. The van der Waals surface area contributed by atoms with Gasteiger partial charge in [-0.25, -0.2) is 0 Å². The number of Topliss-reactive ketones (excluding diaryl/α,β-unsaturated/α-hetero) is 2. The Morgan fingerprint density at radius 2 is 1.29 bits per heavy atom. The van der Waals surface area contributed by atoms with E-state index in [4.69, 9.17) is 4.74 Å². The van der Waals surface area contributed by atoms with Gasteiger partial charge < -0.3 is 4.74 Å².